The highest BCUT2D eigenvalue weighted by Gasteiger charge is 2.25. The van der Waals surface area contributed by atoms with E-state index in [-0.39, 0.29) is 11.1 Å². The number of hydrogen-bond donors (Lipinski definition) is 0. The first-order chi connectivity index (χ1) is 50.3. The Morgan fingerprint density at radius 3 is 0.980 bits per heavy atom. The summed E-state index contributed by atoms with van der Waals surface area (Å²) < 4.78 is 3.70. The van der Waals surface area contributed by atoms with E-state index in [4.69, 9.17) is 9.97 Å². The molecule has 18 aromatic carbocycles. The highest BCUT2D eigenvalue weighted by Crippen LogP contribution is 2.44. The van der Waals surface area contributed by atoms with Gasteiger partial charge in [-0.25, -0.2) is 9.97 Å². The lowest BCUT2D eigenvalue weighted by Crippen LogP contribution is -2.13. The number of imidazole rings is 2. The van der Waals surface area contributed by atoms with Crippen LogP contribution in [-0.4, -0.2) is 18.8 Å². The van der Waals surface area contributed by atoms with Crippen LogP contribution in [0.5, 0.6) is 0 Å². The third kappa shape index (κ3) is 8.99. The van der Waals surface area contributed by atoms with Crippen LogP contribution in [0.3, 0.4) is 0 Å². The lowest BCUT2D eigenvalue weighted by Gasteiger charge is -2.13. The Bertz CT molecular complexity index is 7320. The van der Waals surface area contributed by atoms with Crippen LogP contribution in [0.4, 0.5) is 0 Å². The summed E-state index contributed by atoms with van der Waals surface area (Å²) in [6.45, 7) is 0. The van der Waals surface area contributed by atoms with Gasteiger partial charge in [0.05, 0.1) is 22.1 Å². The standard InChI is InChI=1S/2C48H28N2O/c51-48-42-23-22-39(36-20-17-30-9-2-5-12-33(30)25-36)40-14-7-15-41(45(40)42)47-49-46-43(37-21-18-31-10-3-6-13-34(31)26-37)27-38(28-44(46)50(47)48)35-19-16-29-8-1-4-11-32(29)24-35;51-48-42-23-22-39(36-20-17-30-9-2-5-12-33(30)25-36)40-14-7-15-41(45(40)42)47-49-44-28-38(35-19-16-29-8-1-4-11-32(29)24-35)27-43(46(44)50(47)48)37-21-18-31-10-3-6-13-34(31)26-37/h2*1-28H. The summed E-state index contributed by atoms with van der Waals surface area (Å²) in [5.41, 5.74) is 17.4. The maximum atomic E-state index is 14.8. The molecule has 6 nitrogen and oxygen atoms in total. The van der Waals surface area contributed by atoms with Crippen molar-refractivity contribution in [2.45, 2.75) is 0 Å². The molecule has 472 valence electrons. The van der Waals surface area contributed by atoms with E-state index < -0.39 is 0 Å². The van der Waals surface area contributed by atoms with Crippen LogP contribution in [0.25, 0.3) is 208 Å². The molecule has 0 aliphatic rings. The predicted octanol–water partition coefficient (Wildman–Crippen LogP) is 24.1. The molecular formula is C96H56N4O2. The fourth-order valence-electron chi connectivity index (χ4n) is 16.4. The second-order valence-electron chi connectivity index (χ2n) is 27.1. The molecule has 0 N–H and O–H groups in total. The highest BCUT2D eigenvalue weighted by molar-refractivity contribution is 6.22. The van der Waals surface area contributed by atoms with Crippen molar-refractivity contribution in [3.63, 3.8) is 0 Å². The van der Waals surface area contributed by atoms with Crippen molar-refractivity contribution in [3.8, 4) is 66.8 Å². The van der Waals surface area contributed by atoms with Crippen molar-refractivity contribution in [2.24, 2.45) is 0 Å². The molecule has 0 unspecified atom stereocenters. The van der Waals surface area contributed by atoms with Crippen LogP contribution in [0.15, 0.2) is 349 Å². The molecule has 0 amide bonds. The molecule has 0 fully saturated rings. The smallest absolute Gasteiger partial charge is 0.264 e. The first kappa shape index (κ1) is 57.4. The van der Waals surface area contributed by atoms with E-state index >= 15 is 0 Å². The normalized spacial score (nSPS) is 12.0. The largest absolute Gasteiger partial charge is 0.268 e. The first-order valence-electron chi connectivity index (χ1n) is 34.7. The van der Waals surface area contributed by atoms with Gasteiger partial charge in [0.25, 0.3) is 11.1 Å². The van der Waals surface area contributed by atoms with Gasteiger partial charge in [-0.3, -0.25) is 18.4 Å². The molecular weight excluding hydrogens is 1240 g/mol. The van der Waals surface area contributed by atoms with Gasteiger partial charge in [0.2, 0.25) is 0 Å². The summed E-state index contributed by atoms with van der Waals surface area (Å²) in [5, 5.41) is 21.6. The molecule has 0 aliphatic carbocycles. The number of pyridine rings is 2. The highest BCUT2D eigenvalue weighted by atomic mass is 16.1. The van der Waals surface area contributed by atoms with E-state index in [2.05, 4.69) is 328 Å². The van der Waals surface area contributed by atoms with Crippen molar-refractivity contribution in [1.29, 1.82) is 0 Å². The van der Waals surface area contributed by atoms with Crippen molar-refractivity contribution >= 4 is 141 Å². The quantitative estimate of drug-likeness (QED) is 0.166. The number of fused-ring (bicyclic) bond motifs is 14. The molecule has 4 aromatic heterocycles. The monoisotopic (exact) mass is 1300 g/mol. The number of hydrogen-bond acceptors (Lipinski definition) is 4. The second kappa shape index (κ2) is 22.4. The summed E-state index contributed by atoms with van der Waals surface area (Å²) in [6.07, 6.45) is 0. The number of benzene rings is 18. The molecule has 0 saturated heterocycles. The van der Waals surface area contributed by atoms with Crippen LogP contribution < -0.4 is 11.1 Å². The van der Waals surface area contributed by atoms with Gasteiger partial charge >= 0.3 is 0 Å². The SMILES string of the molecule is O=c1c2ccc(-c3ccc4ccccc4c3)c3cccc(c32)c2nc3c(-c4ccc5ccccc5c4)cc(-c4ccc5ccccc5c4)cc3n12.O=c1c2ccc(-c3ccc4ccccc4c3)c3cccc(c32)c2nc3cc(-c4ccc5ccccc5c4)cc(-c4ccc5ccccc5c4)c3n12. The molecule has 22 aromatic rings. The second-order valence-corrected chi connectivity index (χ2v) is 27.1. The van der Waals surface area contributed by atoms with E-state index in [0.717, 1.165) is 132 Å². The van der Waals surface area contributed by atoms with Crippen molar-refractivity contribution in [2.75, 3.05) is 0 Å². The minimum atomic E-state index is -0.0543. The van der Waals surface area contributed by atoms with E-state index in [9.17, 15) is 9.59 Å². The average Bonchev–Trinajstić information content (AvgIpc) is 1.51. The van der Waals surface area contributed by atoms with Gasteiger partial charge in [-0.05, 0) is 204 Å². The molecule has 0 atom stereocenters. The van der Waals surface area contributed by atoms with Gasteiger partial charge in [-0.1, -0.05) is 267 Å². The number of nitrogens with zero attached hydrogens (tertiary/aromatic N) is 4. The predicted molar refractivity (Wildman–Crippen MR) is 428 cm³/mol. The first-order valence-corrected chi connectivity index (χ1v) is 34.7. The molecule has 102 heavy (non-hydrogen) atoms. The molecule has 0 spiro atoms. The van der Waals surface area contributed by atoms with Crippen molar-refractivity contribution in [3.05, 3.63) is 360 Å². The van der Waals surface area contributed by atoms with Crippen molar-refractivity contribution < 1.29 is 0 Å². The Kier molecular flexibility index (Phi) is 12.6. The van der Waals surface area contributed by atoms with Crippen LogP contribution in [0, 0.1) is 0 Å². The Hall–Kier alpha value is -13.7. The summed E-state index contributed by atoms with van der Waals surface area (Å²) in [7, 11) is 0. The molecule has 4 heterocycles. The summed E-state index contributed by atoms with van der Waals surface area (Å²) in [4.78, 5) is 40.2. The Labute approximate surface area is 583 Å². The fraction of sp³-hybridized carbons (Fsp3) is 0. The van der Waals surface area contributed by atoms with E-state index in [1.54, 1.807) is 0 Å². The molecule has 0 bridgehead atoms. The maximum absolute atomic E-state index is 14.8. The summed E-state index contributed by atoms with van der Waals surface area (Å²) >= 11 is 0. The van der Waals surface area contributed by atoms with Crippen LogP contribution in [0.1, 0.15) is 0 Å². The topological polar surface area (TPSA) is 68.7 Å². The van der Waals surface area contributed by atoms with E-state index in [1.165, 1.54) is 53.9 Å². The van der Waals surface area contributed by atoms with Gasteiger partial charge < -0.3 is 0 Å². The van der Waals surface area contributed by atoms with Gasteiger partial charge in [0, 0.05) is 43.4 Å². The third-order valence-corrected chi connectivity index (χ3v) is 21.3. The molecule has 0 radical (unpaired) electrons. The van der Waals surface area contributed by atoms with Gasteiger partial charge in [-0.15, -0.1) is 0 Å². The zero-order chi connectivity index (χ0) is 67.3. The lowest BCUT2D eigenvalue weighted by molar-refractivity contribution is 1.19. The Morgan fingerprint density at radius 1 is 0.216 bits per heavy atom. The zero-order valence-electron chi connectivity index (χ0n) is 54.9. The lowest BCUT2D eigenvalue weighted by atomic mass is 9.93. The van der Waals surface area contributed by atoms with Crippen LogP contribution >= 0.6 is 0 Å². The van der Waals surface area contributed by atoms with Gasteiger partial charge in [0.15, 0.2) is 0 Å². The van der Waals surface area contributed by atoms with Crippen LogP contribution in [0.2, 0.25) is 0 Å². The molecule has 0 saturated carbocycles. The maximum Gasteiger partial charge on any atom is 0.264 e. The number of aromatic nitrogens is 4. The molecule has 22 rings (SSSR count). The van der Waals surface area contributed by atoms with Crippen LogP contribution in [-0.2, 0) is 0 Å². The zero-order valence-corrected chi connectivity index (χ0v) is 54.9. The van der Waals surface area contributed by atoms with Gasteiger partial charge in [-0.2, -0.15) is 0 Å². The third-order valence-electron chi connectivity index (χ3n) is 21.3. The minimum Gasteiger partial charge on any atom is -0.268 e. The Morgan fingerprint density at radius 2 is 0.549 bits per heavy atom. The number of rotatable bonds is 6. The average molecular weight is 1300 g/mol. The fourth-order valence-corrected chi connectivity index (χ4v) is 16.4. The van der Waals surface area contributed by atoms with E-state index in [0.29, 0.717) is 22.1 Å². The molecule has 6 heteroatoms. The van der Waals surface area contributed by atoms with Gasteiger partial charge in [0.1, 0.15) is 11.3 Å². The minimum absolute atomic E-state index is 0.0539. The Balaban J connectivity index is 0.000000133. The summed E-state index contributed by atoms with van der Waals surface area (Å²) in [6, 6.07) is 120. The molecule has 0 aliphatic heterocycles. The van der Waals surface area contributed by atoms with E-state index in [1.807, 2.05) is 20.9 Å². The van der Waals surface area contributed by atoms with Crippen molar-refractivity contribution in [1.82, 2.24) is 18.8 Å². The summed E-state index contributed by atoms with van der Waals surface area (Å²) in [5.74, 6) is 0.